The molecule has 34 heavy (non-hydrogen) atoms. The molecule has 0 unspecified atom stereocenters. The Bertz CT molecular complexity index is 1210. The summed E-state index contributed by atoms with van der Waals surface area (Å²) in [5.41, 5.74) is 7.37. The van der Waals surface area contributed by atoms with Crippen molar-refractivity contribution in [3.05, 3.63) is 99.1 Å². The first kappa shape index (κ1) is 25.7. The van der Waals surface area contributed by atoms with E-state index in [4.69, 9.17) is 10.5 Å². The molecule has 0 aliphatic rings. The molecule has 9 nitrogen and oxygen atoms in total. The third-order valence-corrected chi connectivity index (χ3v) is 4.55. The average Bonchev–Trinajstić information content (AvgIpc) is 2.84. The zero-order valence-corrected chi connectivity index (χ0v) is 19.0. The van der Waals surface area contributed by atoms with Crippen LogP contribution in [0.15, 0.2) is 66.7 Å². The van der Waals surface area contributed by atoms with Crippen LogP contribution < -0.4 is 11.1 Å². The van der Waals surface area contributed by atoms with Gasteiger partial charge in [-0.1, -0.05) is 49.7 Å². The number of anilines is 2. The fourth-order valence-corrected chi connectivity index (χ4v) is 2.83. The van der Waals surface area contributed by atoms with Gasteiger partial charge >= 0.3 is 5.97 Å². The fourth-order valence-electron chi connectivity index (χ4n) is 2.83. The minimum absolute atomic E-state index is 0.0484. The molecule has 3 aromatic carbocycles. The highest BCUT2D eigenvalue weighted by Crippen LogP contribution is 2.21. The highest BCUT2D eigenvalue weighted by molar-refractivity contribution is 6.08. The van der Waals surface area contributed by atoms with Gasteiger partial charge in [0.2, 0.25) is 0 Å². The molecule has 3 N–H and O–H groups in total. The molecular weight excluding hydrogens is 438 g/mol. The number of Topliss-reactive ketones (excluding diaryl/α,β-unsaturated/α-hetero) is 1. The number of hydrogen-bond acceptors (Lipinski definition) is 7. The van der Waals surface area contributed by atoms with Gasteiger partial charge in [0, 0.05) is 23.4 Å². The van der Waals surface area contributed by atoms with E-state index in [9.17, 15) is 24.5 Å². The maximum Gasteiger partial charge on any atom is 0.338 e. The number of nitro benzene ring substituents is 1. The van der Waals surface area contributed by atoms with Crippen molar-refractivity contribution in [3.63, 3.8) is 0 Å². The van der Waals surface area contributed by atoms with Gasteiger partial charge in [0.1, 0.15) is 0 Å². The van der Waals surface area contributed by atoms with E-state index in [2.05, 4.69) is 5.32 Å². The van der Waals surface area contributed by atoms with E-state index in [1.165, 1.54) is 30.3 Å². The number of nitrogen functional groups attached to an aromatic ring is 1. The van der Waals surface area contributed by atoms with E-state index in [-0.39, 0.29) is 34.0 Å². The van der Waals surface area contributed by atoms with Crippen LogP contribution in [0.1, 0.15) is 50.5 Å². The quantitative estimate of drug-likeness (QED) is 0.168. The maximum atomic E-state index is 12.5. The van der Waals surface area contributed by atoms with Crippen molar-refractivity contribution in [2.45, 2.75) is 20.8 Å². The smallest absolute Gasteiger partial charge is 0.338 e. The zero-order valence-electron chi connectivity index (χ0n) is 19.0. The number of rotatable bonds is 7. The van der Waals surface area contributed by atoms with Crippen LogP contribution in [0.2, 0.25) is 0 Å². The van der Waals surface area contributed by atoms with Gasteiger partial charge in [-0.15, -0.1) is 0 Å². The number of ketones is 1. The number of aryl methyl sites for hydroxylation is 1. The summed E-state index contributed by atoms with van der Waals surface area (Å²) in [7, 11) is 0. The maximum absolute atomic E-state index is 12.5. The molecule has 0 bridgehead atoms. The molecule has 0 aliphatic carbocycles. The van der Waals surface area contributed by atoms with Gasteiger partial charge in [0.05, 0.1) is 21.7 Å². The molecule has 3 aromatic rings. The van der Waals surface area contributed by atoms with Gasteiger partial charge in [-0.2, -0.15) is 0 Å². The monoisotopic (exact) mass is 463 g/mol. The summed E-state index contributed by atoms with van der Waals surface area (Å²) in [6, 6.07) is 16.4. The third kappa shape index (κ3) is 6.73. The van der Waals surface area contributed by atoms with Gasteiger partial charge in [-0.25, -0.2) is 4.79 Å². The summed E-state index contributed by atoms with van der Waals surface area (Å²) < 4.78 is 5.09. The minimum atomic E-state index is -0.726. The Hall–Kier alpha value is -4.53. The Balaban J connectivity index is 0.00000199. The van der Waals surface area contributed by atoms with E-state index in [0.29, 0.717) is 5.56 Å². The van der Waals surface area contributed by atoms with Crippen LogP contribution in [0, 0.1) is 17.0 Å². The van der Waals surface area contributed by atoms with Crippen LogP contribution in [-0.4, -0.2) is 29.2 Å². The van der Waals surface area contributed by atoms with Crippen molar-refractivity contribution in [2.75, 3.05) is 17.7 Å². The van der Waals surface area contributed by atoms with Gasteiger partial charge in [0.25, 0.3) is 11.6 Å². The van der Waals surface area contributed by atoms with Crippen LogP contribution >= 0.6 is 0 Å². The van der Waals surface area contributed by atoms with Crippen LogP contribution in [0.25, 0.3) is 0 Å². The first-order valence-electron chi connectivity index (χ1n) is 10.5. The summed E-state index contributed by atoms with van der Waals surface area (Å²) >= 11 is 0. The molecule has 3 rings (SSSR count). The summed E-state index contributed by atoms with van der Waals surface area (Å²) in [5.74, 6) is -1.66. The highest BCUT2D eigenvalue weighted by atomic mass is 16.6. The topological polar surface area (TPSA) is 142 Å². The van der Waals surface area contributed by atoms with Crippen molar-refractivity contribution >= 4 is 34.7 Å². The molecule has 176 valence electrons. The second-order valence-corrected chi connectivity index (χ2v) is 6.93. The first-order chi connectivity index (χ1) is 16.2. The number of nitrogens with one attached hydrogen (secondary N) is 1. The Morgan fingerprint density at radius 1 is 0.971 bits per heavy atom. The second-order valence-electron chi connectivity index (χ2n) is 6.93. The Morgan fingerprint density at radius 3 is 2.26 bits per heavy atom. The molecule has 0 saturated carbocycles. The zero-order chi connectivity index (χ0) is 25.3. The number of carbonyl (C=O) groups excluding carboxylic acids is 3. The number of nitrogens with two attached hydrogens (primary N) is 1. The minimum Gasteiger partial charge on any atom is -0.454 e. The molecule has 0 radical (unpaired) electrons. The Morgan fingerprint density at radius 2 is 1.65 bits per heavy atom. The van der Waals surface area contributed by atoms with Gasteiger partial charge in [0.15, 0.2) is 12.4 Å². The van der Waals surface area contributed by atoms with Crippen LogP contribution in [0.3, 0.4) is 0 Å². The van der Waals surface area contributed by atoms with E-state index in [1.807, 2.05) is 20.8 Å². The summed E-state index contributed by atoms with van der Waals surface area (Å²) in [6.45, 7) is 5.48. The molecule has 0 heterocycles. The Labute approximate surface area is 196 Å². The van der Waals surface area contributed by atoms with Gasteiger partial charge < -0.3 is 15.8 Å². The molecule has 0 saturated heterocycles. The number of non-ortho nitro benzene ring substituents is 1. The molecule has 0 atom stereocenters. The number of esters is 1. The molecule has 0 spiro atoms. The lowest BCUT2D eigenvalue weighted by Crippen LogP contribution is -2.16. The molecular formula is C25H25N3O6. The molecule has 1 amide bonds. The van der Waals surface area contributed by atoms with Gasteiger partial charge in [-0.05, 0) is 31.2 Å². The second kappa shape index (κ2) is 11.9. The fraction of sp³-hybridized carbons (Fsp3) is 0.160. The molecule has 0 fully saturated rings. The molecule has 9 heteroatoms. The Kier molecular flexibility index (Phi) is 9.01. The van der Waals surface area contributed by atoms with E-state index < -0.39 is 23.4 Å². The summed E-state index contributed by atoms with van der Waals surface area (Å²) in [5, 5.41) is 13.4. The number of carbonyl (C=O) groups is 3. The standard InChI is InChI=1S/C23H19N3O6.C2H6/c1-14-5-7-15(8-6-14)21(27)13-32-23(29)16-3-2-4-17(11-16)25-22(28)19-10-9-18(26(30)31)12-20(19)24;1-2/h2-12H,13,24H2,1H3,(H,25,28);1-2H3. The van der Waals surface area contributed by atoms with E-state index >= 15 is 0 Å². The predicted octanol–water partition coefficient (Wildman–Crippen LogP) is 4.80. The third-order valence-electron chi connectivity index (χ3n) is 4.55. The molecule has 0 aliphatic heterocycles. The lowest BCUT2D eigenvalue weighted by Gasteiger charge is -2.09. The largest absolute Gasteiger partial charge is 0.454 e. The highest BCUT2D eigenvalue weighted by Gasteiger charge is 2.16. The van der Waals surface area contributed by atoms with Gasteiger partial charge in [-0.3, -0.25) is 19.7 Å². The number of ether oxygens (including phenoxy) is 1. The number of hydrogen-bond donors (Lipinski definition) is 2. The summed E-state index contributed by atoms with van der Waals surface area (Å²) in [4.78, 5) is 47.2. The average molecular weight is 463 g/mol. The normalized spacial score (nSPS) is 9.85. The SMILES string of the molecule is CC.Cc1ccc(C(=O)COC(=O)c2cccc(NC(=O)c3ccc([N+](=O)[O-])cc3N)c2)cc1. The van der Waals surface area contributed by atoms with Crippen molar-refractivity contribution in [1.29, 1.82) is 0 Å². The number of amides is 1. The van der Waals surface area contributed by atoms with Crippen molar-refractivity contribution in [2.24, 2.45) is 0 Å². The first-order valence-corrected chi connectivity index (χ1v) is 10.5. The van der Waals surface area contributed by atoms with Crippen molar-refractivity contribution in [1.82, 2.24) is 0 Å². The van der Waals surface area contributed by atoms with Crippen LogP contribution in [-0.2, 0) is 4.74 Å². The predicted molar refractivity (Wildman–Crippen MR) is 129 cm³/mol. The van der Waals surface area contributed by atoms with E-state index in [0.717, 1.165) is 11.6 Å². The van der Waals surface area contributed by atoms with Crippen molar-refractivity contribution < 1.29 is 24.0 Å². The number of benzene rings is 3. The summed E-state index contributed by atoms with van der Waals surface area (Å²) in [6.07, 6.45) is 0. The molecule has 0 aromatic heterocycles. The van der Waals surface area contributed by atoms with Crippen LogP contribution in [0.4, 0.5) is 17.1 Å². The van der Waals surface area contributed by atoms with Crippen molar-refractivity contribution in [3.8, 4) is 0 Å². The number of nitro groups is 1. The van der Waals surface area contributed by atoms with E-state index in [1.54, 1.807) is 30.3 Å². The lowest BCUT2D eigenvalue weighted by atomic mass is 10.1. The lowest BCUT2D eigenvalue weighted by molar-refractivity contribution is -0.384. The van der Waals surface area contributed by atoms with Crippen LogP contribution in [0.5, 0.6) is 0 Å². The number of nitrogens with zero attached hydrogens (tertiary/aromatic N) is 1.